The Balaban J connectivity index is 1.65. The first-order chi connectivity index (χ1) is 24.8. The SMILES string of the molecule is CC(C)(N)C(=O)N[C@@H](Cc1cnc[nH]1)C(=O)N[C@H](Cc1ccc2ccccc2c1)C(=O)N[C@H](Cc1ccccc1)C(=O)C[C@@H](CCCCN)C(N)=O. The summed E-state index contributed by atoms with van der Waals surface area (Å²) in [5, 5.41) is 10.4. The number of aromatic nitrogens is 2. The lowest BCUT2D eigenvalue weighted by Gasteiger charge is -2.27. The van der Waals surface area contributed by atoms with Gasteiger partial charge < -0.3 is 38.1 Å². The molecule has 4 amide bonds. The summed E-state index contributed by atoms with van der Waals surface area (Å²) in [6.07, 6.45) is 4.82. The molecule has 0 unspecified atom stereocenters. The quantitative estimate of drug-likeness (QED) is 0.0670. The summed E-state index contributed by atoms with van der Waals surface area (Å²) in [7, 11) is 0. The number of hydrogen-bond acceptors (Lipinski definition) is 8. The number of amides is 4. The van der Waals surface area contributed by atoms with Gasteiger partial charge in [0.2, 0.25) is 23.6 Å². The van der Waals surface area contributed by atoms with Crippen molar-refractivity contribution >= 4 is 40.2 Å². The van der Waals surface area contributed by atoms with Gasteiger partial charge in [-0.25, -0.2) is 4.98 Å². The number of carbonyl (C=O) groups excluding carboxylic acids is 5. The minimum atomic E-state index is -1.29. The van der Waals surface area contributed by atoms with E-state index in [9.17, 15) is 24.0 Å². The van der Waals surface area contributed by atoms with E-state index in [1.54, 1.807) is 0 Å². The second-order valence-corrected chi connectivity index (χ2v) is 13.8. The molecule has 0 radical (unpaired) electrons. The molecular weight excluding hydrogens is 660 g/mol. The van der Waals surface area contributed by atoms with Gasteiger partial charge in [-0.15, -0.1) is 0 Å². The minimum Gasteiger partial charge on any atom is -0.369 e. The molecule has 0 aliphatic rings. The molecule has 0 spiro atoms. The zero-order valence-corrected chi connectivity index (χ0v) is 29.8. The van der Waals surface area contributed by atoms with Gasteiger partial charge in [-0.3, -0.25) is 24.0 Å². The minimum absolute atomic E-state index is 0.0474. The second-order valence-electron chi connectivity index (χ2n) is 13.8. The van der Waals surface area contributed by atoms with Crippen LogP contribution < -0.4 is 33.2 Å². The number of primary amides is 1. The predicted molar refractivity (Wildman–Crippen MR) is 199 cm³/mol. The van der Waals surface area contributed by atoms with Gasteiger partial charge in [-0.05, 0) is 61.6 Å². The zero-order chi connectivity index (χ0) is 37.7. The van der Waals surface area contributed by atoms with Crippen LogP contribution in [0.4, 0.5) is 0 Å². The summed E-state index contributed by atoms with van der Waals surface area (Å²) in [6, 6.07) is 19.4. The third-order valence-electron chi connectivity index (χ3n) is 8.92. The van der Waals surface area contributed by atoms with Crippen molar-refractivity contribution in [2.75, 3.05) is 6.54 Å². The van der Waals surface area contributed by atoms with E-state index >= 15 is 0 Å². The van der Waals surface area contributed by atoms with Crippen molar-refractivity contribution in [1.29, 1.82) is 0 Å². The van der Waals surface area contributed by atoms with E-state index < -0.39 is 53.2 Å². The number of hydrogen-bond donors (Lipinski definition) is 7. The summed E-state index contributed by atoms with van der Waals surface area (Å²) in [5.41, 5.74) is 18.2. The molecule has 10 N–H and O–H groups in total. The van der Waals surface area contributed by atoms with E-state index in [-0.39, 0.29) is 31.5 Å². The molecule has 1 aromatic heterocycles. The van der Waals surface area contributed by atoms with Crippen molar-refractivity contribution in [1.82, 2.24) is 25.9 Å². The van der Waals surface area contributed by atoms with Crippen molar-refractivity contribution in [3.05, 3.63) is 102 Å². The smallest absolute Gasteiger partial charge is 0.243 e. The summed E-state index contributed by atoms with van der Waals surface area (Å²) >= 11 is 0. The monoisotopic (exact) mass is 710 g/mol. The highest BCUT2D eigenvalue weighted by atomic mass is 16.2. The van der Waals surface area contributed by atoms with E-state index in [1.807, 2.05) is 72.8 Å². The van der Waals surface area contributed by atoms with Crippen LogP contribution in [0.25, 0.3) is 10.8 Å². The van der Waals surface area contributed by atoms with Gasteiger partial charge in [0.15, 0.2) is 5.78 Å². The highest BCUT2D eigenvalue weighted by Gasteiger charge is 2.33. The summed E-state index contributed by atoms with van der Waals surface area (Å²) < 4.78 is 0. The van der Waals surface area contributed by atoms with Crippen molar-refractivity contribution < 1.29 is 24.0 Å². The topological polar surface area (TPSA) is 228 Å². The Labute approximate surface area is 303 Å². The largest absolute Gasteiger partial charge is 0.369 e. The van der Waals surface area contributed by atoms with Crippen LogP contribution in [0.1, 0.15) is 56.4 Å². The summed E-state index contributed by atoms with van der Waals surface area (Å²) in [4.78, 5) is 74.4. The molecule has 13 nitrogen and oxygen atoms in total. The lowest BCUT2D eigenvalue weighted by atomic mass is 9.90. The standard InChI is InChI=1S/C39H50N8O5/c1-39(2,42)38(52)47-33(22-30-23-43-24-44-30)37(51)46-32(20-26-15-16-27-12-6-7-13-28(27)18-26)36(50)45-31(19-25-10-4-3-5-11-25)34(48)21-29(35(41)49)14-8-9-17-40/h3-7,10-13,15-16,18,23-24,29,31-33H,8-9,14,17,19-22,40,42H2,1-2H3,(H2,41,49)(H,43,44)(H,45,50)(H,46,51)(H,47,52)/t29-,31-,32-,33+/m1/s1. The van der Waals surface area contributed by atoms with Gasteiger partial charge >= 0.3 is 0 Å². The number of benzene rings is 3. The number of Topliss-reactive ketones (excluding diaryl/α,β-unsaturated/α-hetero) is 1. The van der Waals surface area contributed by atoms with Crippen LogP contribution in [0.3, 0.4) is 0 Å². The molecule has 0 bridgehead atoms. The molecule has 13 heteroatoms. The van der Waals surface area contributed by atoms with Crippen LogP contribution >= 0.6 is 0 Å². The fourth-order valence-electron chi connectivity index (χ4n) is 5.89. The van der Waals surface area contributed by atoms with Crippen LogP contribution in [0.5, 0.6) is 0 Å². The Morgan fingerprint density at radius 1 is 0.769 bits per heavy atom. The Morgan fingerprint density at radius 3 is 2.04 bits per heavy atom. The number of imidazole rings is 1. The van der Waals surface area contributed by atoms with Crippen molar-refractivity contribution in [2.45, 2.75) is 82.5 Å². The molecule has 0 saturated heterocycles. The number of carbonyl (C=O) groups is 5. The maximum atomic E-state index is 14.3. The number of ketones is 1. The molecule has 4 atom stereocenters. The number of aromatic amines is 1. The van der Waals surface area contributed by atoms with E-state index in [2.05, 4.69) is 25.9 Å². The number of nitrogens with one attached hydrogen (secondary N) is 4. The molecular formula is C39H50N8O5. The first-order valence-electron chi connectivity index (χ1n) is 17.6. The highest BCUT2D eigenvalue weighted by Crippen LogP contribution is 2.19. The van der Waals surface area contributed by atoms with Gasteiger partial charge in [-0.2, -0.15) is 0 Å². The number of rotatable bonds is 20. The Kier molecular flexibility index (Phi) is 14.2. The third-order valence-corrected chi connectivity index (χ3v) is 8.92. The molecule has 276 valence electrons. The Morgan fingerprint density at radius 2 is 1.40 bits per heavy atom. The van der Waals surface area contributed by atoms with Crippen molar-refractivity contribution in [3.8, 4) is 0 Å². The number of nitrogens with two attached hydrogens (primary N) is 3. The average Bonchev–Trinajstić information content (AvgIpc) is 3.63. The molecule has 0 saturated carbocycles. The Hall–Kier alpha value is -5.40. The third kappa shape index (κ3) is 11.8. The Bertz CT molecular complexity index is 1810. The van der Waals surface area contributed by atoms with Crippen molar-refractivity contribution in [2.24, 2.45) is 23.1 Å². The first-order valence-corrected chi connectivity index (χ1v) is 17.6. The number of nitrogens with zero attached hydrogens (tertiary/aromatic N) is 1. The normalized spacial score (nSPS) is 13.8. The van der Waals surface area contributed by atoms with E-state index in [0.717, 1.165) is 21.9 Å². The zero-order valence-electron chi connectivity index (χ0n) is 29.8. The molecule has 1 heterocycles. The molecule has 3 aromatic carbocycles. The van der Waals surface area contributed by atoms with Crippen LogP contribution in [-0.2, 0) is 43.2 Å². The van der Waals surface area contributed by atoms with Crippen LogP contribution in [-0.4, -0.2) is 69.6 Å². The van der Waals surface area contributed by atoms with Crippen LogP contribution in [0.2, 0.25) is 0 Å². The number of fused-ring (bicyclic) bond motifs is 1. The number of unbranched alkanes of at least 4 members (excludes halogenated alkanes) is 1. The lowest BCUT2D eigenvalue weighted by molar-refractivity contribution is -0.134. The molecule has 0 aliphatic heterocycles. The fourth-order valence-corrected chi connectivity index (χ4v) is 5.89. The van der Waals surface area contributed by atoms with E-state index in [0.29, 0.717) is 31.5 Å². The van der Waals surface area contributed by atoms with Crippen LogP contribution in [0.15, 0.2) is 85.3 Å². The summed E-state index contributed by atoms with van der Waals surface area (Å²) in [6.45, 7) is 3.50. The van der Waals surface area contributed by atoms with E-state index in [1.165, 1.54) is 26.4 Å². The first kappa shape index (κ1) is 39.4. The highest BCUT2D eigenvalue weighted by molar-refractivity contribution is 5.97. The maximum Gasteiger partial charge on any atom is 0.243 e. The predicted octanol–water partition coefficient (Wildman–Crippen LogP) is 1.97. The average molecular weight is 711 g/mol. The fraction of sp³-hybridized carbons (Fsp3) is 0.385. The molecule has 4 rings (SSSR count). The molecule has 4 aromatic rings. The second kappa shape index (κ2) is 18.7. The maximum absolute atomic E-state index is 14.3. The lowest BCUT2D eigenvalue weighted by Crippen LogP contribution is -2.60. The molecule has 0 fully saturated rings. The van der Waals surface area contributed by atoms with Gasteiger partial charge in [0, 0.05) is 37.1 Å². The number of H-pyrrole nitrogens is 1. The van der Waals surface area contributed by atoms with Gasteiger partial charge in [-0.1, -0.05) is 79.2 Å². The van der Waals surface area contributed by atoms with E-state index in [4.69, 9.17) is 17.2 Å². The molecule has 52 heavy (non-hydrogen) atoms. The van der Waals surface area contributed by atoms with Gasteiger partial charge in [0.05, 0.1) is 17.9 Å². The summed E-state index contributed by atoms with van der Waals surface area (Å²) in [5.74, 6) is -3.48. The molecule has 0 aliphatic carbocycles. The van der Waals surface area contributed by atoms with Gasteiger partial charge in [0.25, 0.3) is 0 Å². The van der Waals surface area contributed by atoms with Crippen LogP contribution in [0, 0.1) is 5.92 Å². The van der Waals surface area contributed by atoms with Gasteiger partial charge in [0.1, 0.15) is 12.1 Å². The van der Waals surface area contributed by atoms with Crippen molar-refractivity contribution in [3.63, 3.8) is 0 Å².